The van der Waals surface area contributed by atoms with E-state index in [4.69, 9.17) is 0 Å². The Labute approximate surface area is 117 Å². The highest BCUT2D eigenvalue weighted by atomic mass is 19.1. The zero-order valence-electron chi connectivity index (χ0n) is 11.9. The summed E-state index contributed by atoms with van der Waals surface area (Å²) in [6.07, 6.45) is 0. The lowest BCUT2D eigenvalue weighted by Gasteiger charge is -2.21. The van der Waals surface area contributed by atoms with Gasteiger partial charge >= 0.3 is 0 Å². The number of benzene rings is 1. The molecule has 0 bridgehead atoms. The molecule has 0 radical (unpaired) electrons. The van der Waals surface area contributed by atoms with Crippen molar-refractivity contribution < 1.29 is 19.1 Å². The number of rotatable bonds is 6. The fourth-order valence-electron chi connectivity index (χ4n) is 1.63. The van der Waals surface area contributed by atoms with Gasteiger partial charge in [-0.3, -0.25) is 14.5 Å². The predicted octanol–water partition coefficient (Wildman–Crippen LogP) is 1.12. The Morgan fingerprint density at radius 2 is 1.90 bits per heavy atom. The molecule has 1 amide bonds. The van der Waals surface area contributed by atoms with Crippen LogP contribution in [0, 0.1) is 5.82 Å². The van der Waals surface area contributed by atoms with Crippen LogP contribution >= 0.6 is 0 Å². The number of nitrogens with zero attached hydrogens (tertiary/aromatic N) is 2. The van der Waals surface area contributed by atoms with Crippen LogP contribution in [0.5, 0.6) is 5.75 Å². The van der Waals surface area contributed by atoms with Crippen LogP contribution < -0.4 is 0 Å². The van der Waals surface area contributed by atoms with Crippen molar-refractivity contribution in [1.29, 1.82) is 0 Å². The van der Waals surface area contributed by atoms with Gasteiger partial charge in [-0.1, -0.05) is 6.92 Å². The molecular formula is C14H19FN2O3. The normalized spacial score (nSPS) is 10.7. The van der Waals surface area contributed by atoms with Gasteiger partial charge in [0, 0.05) is 14.1 Å². The van der Waals surface area contributed by atoms with E-state index in [1.54, 1.807) is 19.0 Å². The topological polar surface area (TPSA) is 60.9 Å². The molecule has 20 heavy (non-hydrogen) atoms. The van der Waals surface area contributed by atoms with Crippen LogP contribution in [0.2, 0.25) is 0 Å². The first-order valence-electron chi connectivity index (χ1n) is 6.29. The Morgan fingerprint density at radius 1 is 1.25 bits per heavy atom. The molecular weight excluding hydrogens is 263 g/mol. The number of hydrogen-bond donors (Lipinski definition) is 1. The average molecular weight is 282 g/mol. The van der Waals surface area contributed by atoms with E-state index in [2.05, 4.69) is 0 Å². The molecule has 6 heteroatoms. The fourth-order valence-corrected chi connectivity index (χ4v) is 1.63. The maximum atomic E-state index is 13.1. The predicted molar refractivity (Wildman–Crippen MR) is 73.2 cm³/mol. The lowest BCUT2D eigenvalue weighted by atomic mass is 10.1. The van der Waals surface area contributed by atoms with Gasteiger partial charge in [0.2, 0.25) is 5.91 Å². The van der Waals surface area contributed by atoms with Crippen molar-refractivity contribution in [2.45, 2.75) is 6.92 Å². The van der Waals surface area contributed by atoms with Gasteiger partial charge in [-0.05, 0) is 24.7 Å². The number of likely N-dealkylation sites (N-methyl/N-ethyl adjacent to an activating group) is 2. The van der Waals surface area contributed by atoms with Crippen LogP contribution in [0.1, 0.15) is 17.3 Å². The van der Waals surface area contributed by atoms with Gasteiger partial charge in [0.15, 0.2) is 5.78 Å². The Kier molecular flexibility index (Phi) is 5.64. The summed E-state index contributed by atoms with van der Waals surface area (Å²) in [4.78, 5) is 26.7. The van der Waals surface area contributed by atoms with Crippen LogP contribution in [0.4, 0.5) is 4.39 Å². The van der Waals surface area contributed by atoms with Crippen molar-refractivity contribution in [3.05, 3.63) is 29.6 Å². The van der Waals surface area contributed by atoms with Crippen LogP contribution in [0.25, 0.3) is 0 Å². The maximum Gasteiger partial charge on any atom is 0.236 e. The number of halogens is 1. The van der Waals surface area contributed by atoms with Gasteiger partial charge in [0.1, 0.15) is 11.6 Å². The lowest BCUT2D eigenvalue weighted by molar-refractivity contribution is -0.129. The molecule has 0 unspecified atom stereocenters. The molecule has 0 saturated carbocycles. The first-order valence-corrected chi connectivity index (χ1v) is 6.29. The number of ketones is 1. The van der Waals surface area contributed by atoms with E-state index in [9.17, 15) is 19.1 Å². The average Bonchev–Trinajstić information content (AvgIpc) is 2.40. The molecule has 110 valence electrons. The van der Waals surface area contributed by atoms with E-state index >= 15 is 0 Å². The molecule has 0 saturated heterocycles. The number of phenols is 1. The molecule has 0 aliphatic rings. The Bertz CT molecular complexity index is 503. The second-order valence-corrected chi connectivity index (χ2v) is 4.68. The van der Waals surface area contributed by atoms with E-state index in [-0.39, 0.29) is 30.3 Å². The molecule has 0 fully saturated rings. The van der Waals surface area contributed by atoms with Crippen LogP contribution in [0.3, 0.4) is 0 Å². The first kappa shape index (κ1) is 16.1. The van der Waals surface area contributed by atoms with Gasteiger partial charge in [-0.2, -0.15) is 0 Å². The fraction of sp³-hybridized carbons (Fsp3) is 0.429. The number of carbonyl (C=O) groups is 2. The van der Waals surface area contributed by atoms with Crippen LogP contribution in [0.15, 0.2) is 18.2 Å². The second-order valence-electron chi connectivity index (χ2n) is 4.68. The monoisotopic (exact) mass is 282 g/mol. The summed E-state index contributed by atoms with van der Waals surface area (Å²) in [5, 5.41) is 9.58. The number of carbonyl (C=O) groups excluding carboxylic acids is 2. The Balaban J connectivity index is 2.77. The smallest absolute Gasteiger partial charge is 0.236 e. The zero-order chi connectivity index (χ0) is 15.3. The zero-order valence-corrected chi connectivity index (χ0v) is 11.9. The lowest BCUT2D eigenvalue weighted by Crippen LogP contribution is -2.39. The third-order valence-corrected chi connectivity index (χ3v) is 2.93. The summed E-state index contributed by atoms with van der Waals surface area (Å²) in [7, 11) is 3.27. The molecule has 1 aromatic carbocycles. The molecule has 0 aromatic heterocycles. The standard InChI is InChI=1S/C14H19FN2O3/c1-4-17(9-14(20)16(2)3)8-13(19)11-7-10(15)5-6-12(11)18/h5-7,18H,4,8-9H2,1-3H3. The Morgan fingerprint density at radius 3 is 2.45 bits per heavy atom. The molecule has 0 heterocycles. The molecule has 0 atom stereocenters. The van der Waals surface area contributed by atoms with Crippen LogP contribution in [-0.2, 0) is 4.79 Å². The maximum absolute atomic E-state index is 13.1. The van der Waals surface area contributed by atoms with E-state index in [0.717, 1.165) is 18.2 Å². The third-order valence-electron chi connectivity index (χ3n) is 2.93. The van der Waals surface area contributed by atoms with Crippen molar-refractivity contribution in [2.75, 3.05) is 33.7 Å². The number of hydrogen-bond acceptors (Lipinski definition) is 4. The minimum atomic E-state index is -0.585. The van der Waals surface area contributed by atoms with Crippen LogP contribution in [-0.4, -0.2) is 60.3 Å². The van der Waals surface area contributed by atoms with Gasteiger partial charge in [-0.15, -0.1) is 0 Å². The van der Waals surface area contributed by atoms with Crippen molar-refractivity contribution >= 4 is 11.7 Å². The van der Waals surface area contributed by atoms with E-state index in [0.29, 0.717) is 6.54 Å². The largest absolute Gasteiger partial charge is 0.507 e. The first-order chi connectivity index (χ1) is 9.35. The van der Waals surface area contributed by atoms with E-state index in [1.165, 1.54) is 4.90 Å². The summed E-state index contributed by atoms with van der Waals surface area (Å²) in [5.74, 6) is -1.39. The minimum absolute atomic E-state index is 0.0485. The van der Waals surface area contributed by atoms with Gasteiger partial charge in [0.25, 0.3) is 0 Å². The second kappa shape index (κ2) is 7.00. The van der Waals surface area contributed by atoms with E-state index < -0.39 is 11.6 Å². The summed E-state index contributed by atoms with van der Waals surface area (Å²) in [6, 6.07) is 3.22. The van der Waals surface area contributed by atoms with Crippen molar-refractivity contribution in [3.63, 3.8) is 0 Å². The highest BCUT2D eigenvalue weighted by Crippen LogP contribution is 2.18. The van der Waals surface area contributed by atoms with E-state index in [1.807, 2.05) is 6.92 Å². The summed E-state index contributed by atoms with van der Waals surface area (Å²) in [6.45, 7) is 2.38. The van der Waals surface area contributed by atoms with Gasteiger partial charge in [-0.25, -0.2) is 4.39 Å². The molecule has 0 aliphatic carbocycles. The number of aromatic hydroxyl groups is 1. The quantitative estimate of drug-likeness (QED) is 0.794. The van der Waals surface area contributed by atoms with Crippen molar-refractivity contribution in [1.82, 2.24) is 9.80 Å². The third kappa shape index (κ3) is 4.31. The number of amides is 1. The highest BCUT2D eigenvalue weighted by Gasteiger charge is 2.18. The molecule has 0 aliphatic heterocycles. The minimum Gasteiger partial charge on any atom is -0.507 e. The van der Waals surface area contributed by atoms with Crippen molar-refractivity contribution in [2.24, 2.45) is 0 Å². The molecule has 5 nitrogen and oxygen atoms in total. The number of Topliss-reactive ketones (excluding diaryl/α,β-unsaturated/α-hetero) is 1. The molecule has 1 rings (SSSR count). The van der Waals surface area contributed by atoms with Crippen molar-refractivity contribution in [3.8, 4) is 5.75 Å². The van der Waals surface area contributed by atoms with Gasteiger partial charge < -0.3 is 10.0 Å². The molecule has 1 N–H and O–H groups in total. The molecule has 0 spiro atoms. The summed E-state index contributed by atoms with van der Waals surface area (Å²) >= 11 is 0. The molecule has 1 aromatic rings. The number of phenolic OH excluding ortho intramolecular Hbond substituents is 1. The Hall–Kier alpha value is -1.95. The summed E-state index contributed by atoms with van der Waals surface area (Å²) < 4.78 is 13.1. The summed E-state index contributed by atoms with van der Waals surface area (Å²) in [5.41, 5.74) is -0.0687. The van der Waals surface area contributed by atoms with Gasteiger partial charge in [0.05, 0.1) is 18.7 Å². The SMILES string of the molecule is CCN(CC(=O)c1cc(F)ccc1O)CC(=O)N(C)C. The highest BCUT2D eigenvalue weighted by molar-refractivity contribution is 6.00.